The van der Waals surface area contributed by atoms with Crippen LogP contribution in [-0.2, 0) is 22.3 Å². The first-order chi connectivity index (χ1) is 13.8. The summed E-state index contributed by atoms with van der Waals surface area (Å²) < 4.78 is 15.3. The van der Waals surface area contributed by atoms with Crippen LogP contribution in [0.25, 0.3) is 0 Å². The standard InChI is InChI=1S/C20H25N2O6P/c23-19(11-8-15-6-9-18(10-7-15)28-29(25,26)27)21-14-16-3-1-4-17(13-16)22-12-2-5-20(22)24/h1,3-4,6-7,9-10,13,20,24H,2,5,8,11-12,14H2,(H,21,23)(H2,25,26,27). The van der Waals surface area contributed by atoms with E-state index in [0.29, 0.717) is 19.4 Å². The van der Waals surface area contributed by atoms with Gasteiger partial charge in [0, 0.05) is 25.2 Å². The Labute approximate surface area is 169 Å². The van der Waals surface area contributed by atoms with Crippen LogP contribution in [-0.4, -0.2) is 33.6 Å². The molecule has 1 aliphatic rings. The Hall–Kier alpha value is -2.38. The van der Waals surface area contributed by atoms with E-state index in [0.717, 1.165) is 36.2 Å². The molecule has 3 rings (SSSR count). The molecule has 29 heavy (non-hydrogen) atoms. The zero-order valence-corrected chi connectivity index (χ0v) is 16.8. The van der Waals surface area contributed by atoms with E-state index in [1.54, 1.807) is 12.1 Å². The van der Waals surface area contributed by atoms with Crippen LogP contribution >= 0.6 is 7.82 Å². The third-order valence-electron chi connectivity index (χ3n) is 4.74. The number of amides is 1. The molecule has 0 radical (unpaired) electrons. The zero-order chi connectivity index (χ0) is 20.9. The Kier molecular flexibility index (Phi) is 6.92. The number of aliphatic hydroxyl groups is 1. The van der Waals surface area contributed by atoms with Gasteiger partial charge in [-0.25, -0.2) is 4.57 Å². The molecule has 156 valence electrons. The lowest BCUT2D eigenvalue weighted by molar-refractivity contribution is -0.121. The Balaban J connectivity index is 1.46. The summed E-state index contributed by atoms with van der Waals surface area (Å²) in [6.45, 7) is 1.24. The normalized spacial score (nSPS) is 16.7. The SMILES string of the molecule is O=C(CCc1ccc(OP(=O)(O)O)cc1)NCc1cccc(N2CCCC2O)c1. The monoisotopic (exact) mass is 420 g/mol. The van der Waals surface area contributed by atoms with Crippen LogP contribution in [0.2, 0.25) is 0 Å². The summed E-state index contributed by atoms with van der Waals surface area (Å²) >= 11 is 0. The number of benzene rings is 2. The van der Waals surface area contributed by atoms with E-state index in [1.165, 1.54) is 12.1 Å². The predicted octanol–water partition coefficient (Wildman–Crippen LogP) is 2.33. The number of rotatable bonds is 8. The number of carbonyl (C=O) groups is 1. The fourth-order valence-corrected chi connectivity index (χ4v) is 3.69. The van der Waals surface area contributed by atoms with Crippen molar-refractivity contribution in [3.05, 3.63) is 59.7 Å². The first-order valence-corrected chi connectivity index (χ1v) is 11.0. The minimum absolute atomic E-state index is 0.0783. The van der Waals surface area contributed by atoms with E-state index in [1.807, 2.05) is 29.2 Å². The Bertz CT molecular complexity index is 883. The lowest BCUT2D eigenvalue weighted by Crippen LogP contribution is -2.28. The highest BCUT2D eigenvalue weighted by molar-refractivity contribution is 7.46. The molecular formula is C20H25N2O6P. The molecule has 4 N–H and O–H groups in total. The van der Waals surface area contributed by atoms with Gasteiger partial charge in [-0.15, -0.1) is 0 Å². The number of phosphoric ester groups is 1. The molecule has 1 amide bonds. The van der Waals surface area contributed by atoms with Crippen molar-refractivity contribution in [2.75, 3.05) is 11.4 Å². The highest BCUT2D eigenvalue weighted by Gasteiger charge is 2.22. The van der Waals surface area contributed by atoms with E-state index < -0.39 is 14.1 Å². The summed E-state index contributed by atoms with van der Waals surface area (Å²) in [6.07, 6.45) is 2.09. The van der Waals surface area contributed by atoms with Crippen LogP contribution in [0.1, 0.15) is 30.4 Å². The van der Waals surface area contributed by atoms with Gasteiger partial charge in [0.1, 0.15) is 12.0 Å². The van der Waals surface area contributed by atoms with E-state index in [4.69, 9.17) is 9.79 Å². The minimum atomic E-state index is -4.57. The summed E-state index contributed by atoms with van der Waals surface area (Å²) in [4.78, 5) is 31.7. The van der Waals surface area contributed by atoms with Gasteiger partial charge in [0.25, 0.3) is 0 Å². The zero-order valence-electron chi connectivity index (χ0n) is 15.9. The van der Waals surface area contributed by atoms with Gasteiger partial charge in [-0.05, 0) is 54.7 Å². The fraction of sp³-hybridized carbons (Fsp3) is 0.350. The third kappa shape index (κ3) is 6.58. The van der Waals surface area contributed by atoms with E-state index in [-0.39, 0.29) is 11.7 Å². The van der Waals surface area contributed by atoms with Gasteiger partial charge in [-0.1, -0.05) is 24.3 Å². The van der Waals surface area contributed by atoms with Crippen LogP contribution in [0.4, 0.5) is 5.69 Å². The maximum atomic E-state index is 12.1. The molecule has 1 fully saturated rings. The average molecular weight is 420 g/mol. The summed E-state index contributed by atoms with van der Waals surface area (Å²) in [6, 6.07) is 14.1. The van der Waals surface area contributed by atoms with Crippen LogP contribution in [0.5, 0.6) is 5.75 Å². The Morgan fingerprint density at radius 1 is 1.17 bits per heavy atom. The Morgan fingerprint density at radius 2 is 1.93 bits per heavy atom. The molecule has 8 nitrogen and oxygen atoms in total. The fourth-order valence-electron chi connectivity index (χ4n) is 3.30. The van der Waals surface area contributed by atoms with Gasteiger partial charge in [-0.3, -0.25) is 14.6 Å². The molecule has 0 saturated carbocycles. The maximum Gasteiger partial charge on any atom is 0.524 e. The van der Waals surface area contributed by atoms with Crippen LogP contribution < -0.4 is 14.7 Å². The number of hydrogen-bond acceptors (Lipinski definition) is 5. The second-order valence-corrected chi connectivity index (χ2v) is 8.15. The Morgan fingerprint density at radius 3 is 2.59 bits per heavy atom. The van der Waals surface area contributed by atoms with Crippen molar-refractivity contribution < 1.29 is 28.8 Å². The lowest BCUT2D eigenvalue weighted by Gasteiger charge is -2.23. The summed E-state index contributed by atoms with van der Waals surface area (Å²) in [5.41, 5.74) is 2.79. The van der Waals surface area contributed by atoms with E-state index >= 15 is 0 Å². The van der Waals surface area contributed by atoms with Gasteiger partial charge in [0.05, 0.1) is 0 Å². The molecule has 0 aliphatic carbocycles. The molecule has 9 heteroatoms. The first-order valence-electron chi connectivity index (χ1n) is 9.44. The van der Waals surface area contributed by atoms with Gasteiger partial charge in [-0.2, -0.15) is 0 Å². The average Bonchev–Trinajstić information content (AvgIpc) is 3.11. The molecule has 1 aliphatic heterocycles. The third-order valence-corrected chi connectivity index (χ3v) is 5.19. The smallest absolute Gasteiger partial charge is 0.404 e. The van der Waals surface area contributed by atoms with Gasteiger partial charge in [0.2, 0.25) is 5.91 Å². The summed E-state index contributed by atoms with van der Waals surface area (Å²) in [5.74, 6) is -0.0123. The molecule has 0 spiro atoms. The second kappa shape index (κ2) is 9.41. The minimum Gasteiger partial charge on any atom is -0.404 e. The van der Waals surface area contributed by atoms with Gasteiger partial charge < -0.3 is 19.8 Å². The highest BCUT2D eigenvalue weighted by Crippen LogP contribution is 2.37. The molecule has 1 unspecified atom stereocenters. The number of nitrogens with one attached hydrogen (secondary N) is 1. The van der Waals surface area contributed by atoms with E-state index in [2.05, 4.69) is 9.84 Å². The summed E-state index contributed by atoms with van der Waals surface area (Å²) in [7, 11) is -4.57. The number of hydrogen-bond donors (Lipinski definition) is 4. The van der Waals surface area contributed by atoms with Crippen LogP contribution in [0.3, 0.4) is 0 Å². The number of aryl methyl sites for hydroxylation is 1. The molecule has 2 aromatic rings. The molecular weight excluding hydrogens is 395 g/mol. The molecule has 1 heterocycles. The van der Waals surface area contributed by atoms with Crippen molar-refractivity contribution in [3.8, 4) is 5.75 Å². The number of aliphatic hydroxyl groups excluding tert-OH is 1. The highest BCUT2D eigenvalue weighted by atomic mass is 31.2. The van der Waals surface area contributed by atoms with Crippen molar-refractivity contribution in [1.29, 1.82) is 0 Å². The number of phosphoric acid groups is 1. The largest absolute Gasteiger partial charge is 0.524 e. The van der Waals surface area contributed by atoms with E-state index in [9.17, 15) is 14.5 Å². The maximum absolute atomic E-state index is 12.1. The molecule has 2 aromatic carbocycles. The summed E-state index contributed by atoms with van der Waals surface area (Å²) in [5, 5.41) is 12.9. The lowest BCUT2D eigenvalue weighted by atomic mass is 10.1. The number of nitrogens with zero attached hydrogens (tertiary/aromatic N) is 1. The quantitative estimate of drug-likeness (QED) is 0.484. The number of carbonyl (C=O) groups excluding carboxylic acids is 1. The predicted molar refractivity (Wildman–Crippen MR) is 108 cm³/mol. The van der Waals surface area contributed by atoms with Crippen molar-refractivity contribution in [2.45, 2.75) is 38.5 Å². The van der Waals surface area contributed by atoms with Crippen molar-refractivity contribution >= 4 is 19.4 Å². The molecule has 0 aromatic heterocycles. The first kappa shape index (κ1) is 21.3. The van der Waals surface area contributed by atoms with Gasteiger partial charge in [0.15, 0.2) is 0 Å². The molecule has 1 atom stereocenters. The number of anilines is 1. The molecule has 1 saturated heterocycles. The topological polar surface area (TPSA) is 119 Å². The van der Waals surface area contributed by atoms with Gasteiger partial charge >= 0.3 is 7.82 Å². The van der Waals surface area contributed by atoms with Crippen molar-refractivity contribution in [3.63, 3.8) is 0 Å². The van der Waals surface area contributed by atoms with Crippen molar-refractivity contribution in [2.24, 2.45) is 0 Å². The molecule has 0 bridgehead atoms. The van der Waals surface area contributed by atoms with Crippen LogP contribution in [0, 0.1) is 0 Å². The second-order valence-electron chi connectivity index (χ2n) is 6.99. The van der Waals surface area contributed by atoms with Crippen molar-refractivity contribution in [1.82, 2.24) is 5.32 Å². The van der Waals surface area contributed by atoms with Crippen LogP contribution in [0.15, 0.2) is 48.5 Å².